The summed E-state index contributed by atoms with van der Waals surface area (Å²) in [4.78, 5) is 35.8. The van der Waals surface area contributed by atoms with E-state index in [1.165, 1.54) is 30.4 Å². The number of imidazole rings is 1. The number of nitrogens with one attached hydrogen (secondary N) is 1. The van der Waals surface area contributed by atoms with Crippen molar-refractivity contribution in [3.05, 3.63) is 71.8 Å². The molecule has 5 rings (SSSR count). The summed E-state index contributed by atoms with van der Waals surface area (Å²) in [5.41, 5.74) is 4.74. The number of fused-ring (bicyclic) bond motifs is 1. The van der Waals surface area contributed by atoms with Crippen LogP contribution in [0.3, 0.4) is 0 Å². The lowest BCUT2D eigenvalue weighted by molar-refractivity contribution is 0.0746. The third-order valence-electron chi connectivity index (χ3n) is 7.77. The lowest BCUT2D eigenvalue weighted by atomic mass is 9.99. The van der Waals surface area contributed by atoms with Crippen LogP contribution in [0.2, 0.25) is 0 Å². The van der Waals surface area contributed by atoms with Gasteiger partial charge in [0.15, 0.2) is 17.0 Å². The molecule has 210 valence electrons. The number of anilines is 2. The third-order valence-corrected chi connectivity index (χ3v) is 7.77. The summed E-state index contributed by atoms with van der Waals surface area (Å²) < 4.78 is 2.11. The van der Waals surface area contributed by atoms with Crippen LogP contribution in [0.15, 0.2) is 55.1 Å². The molecule has 9 nitrogen and oxygen atoms in total. The maximum Gasteiger partial charge on any atom is 0.254 e. The van der Waals surface area contributed by atoms with Crippen molar-refractivity contribution in [1.29, 1.82) is 0 Å². The number of pyridine rings is 1. The van der Waals surface area contributed by atoms with Gasteiger partial charge in [-0.15, -0.1) is 0 Å². The largest absolute Gasteiger partial charge is 0.368 e. The first-order valence-corrected chi connectivity index (χ1v) is 14.5. The summed E-state index contributed by atoms with van der Waals surface area (Å²) in [5, 5.41) is 3.64. The van der Waals surface area contributed by atoms with Crippen molar-refractivity contribution in [2.24, 2.45) is 5.92 Å². The molecule has 1 fully saturated rings. The number of nitrogens with zero attached hydrogens (tertiary/aromatic N) is 7. The average molecular weight is 541 g/mol. The van der Waals surface area contributed by atoms with E-state index in [4.69, 9.17) is 15.0 Å². The van der Waals surface area contributed by atoms with Gasteiger partial charge in [-0.25, -0.2) is 4.98 Å². The molecule has 0 radical (unpaired) electrons. The van der Waals surface area contributed by atoms with Crippen molar-refractivity contribution in [3.8, 4) is 0 Å². The molecule has 9 heteroatoms. The van der Waals surface area contributed by atoms with Gasteiger partial charge in [-0.2, -0.15) is 9.97 Å². The molecule has 0 aliphatic carbocycles. The highest BCUT2D eigenvalue weighted by Crippen LogP contribution is 2.25. The molecule has 4 aromatic rings. The third kappa shape index (κ3) is 6.41. The highest BCUT2D eigenvalue weighted by atomic mass is 16.2. The Morgan fingerprint density at radius 2 is 1.85 bits per heavy atom. The van der Waals surface area contributed by atoms with Crippen LogP contribution in [0.4, 0.5) is 11.8 Å². The van der Waals surface area contributed by atoms with E-state index in [1.807, 2.05) is 11.2 Å². The van der Waals surface area contributed by atoms with Gasteiger partial charge >= 0.3 is 0 Å². The number of hydrogen-bond donors (Lipinski definition) is 1. The number of rotatable bonds is 11. The van der Waals surface area contributed by atoms with Crippen molar-refractivity contribution in [2.75, 3.05) is 42.9 Å². The van der Waals surface area contributed by atoms with Crippen LogP contribution in [0.5, 0.6) is 0 Å². The van der Waals surface area contributed by atoms with Crippen LogP contribution < -0.4 is 10.2 Å². The van der Waals surface area contributed by atoms with Gasteiger partial charge in [0.2, 0.25) is 5.95 Å². The number of unbranched alkanes of at least 4 members (excludes halogenated alkanes) is 1. The summed E-state index contributed by atoms with van der Waals surface area (Å²) in [6, 6.07) is 12.1. The van der Waals surface area contributed by atoms with E-state index in [0.29, 0.717) is 50.2 Å². The molecule has 3 aromatic heterocycles. The molecule has 1 unspecified atom stereocenters. The van der Waals surface area contributed by atoms with Crippen LogP contribution in [0.25, 0.3) is 11.2 Å². The summed E-state index contributed by atoms with van der Waals surface area (Å²) in [6.45, 7) is 10.7. The number of benzene rings is 1. The van der Waals surface area contributed by atoms with E-state index in [1.54, 1.807) is 24.5 Å². The standard InChI is InChI=1S/C31H40N8O/c1-4-6-9-24(5-2)20-33-28-27-29(39(22-34-27)21-25-10-7-8-23(3)19-25)36-31(35-28)38-17-15-37(16-18-38)30(40)26-11-13-32-14-12-26/h7-8,10-14,19,22,24H,4-6,9,15-18,20-21H2,1-3H3,(H,33,35,36). The molecule has 1 aliphatic heterocycles. The second kappa shape index (κ2) is 12.9. The monoisotopic (exact) mass is 540 g/mol. The Kier molecular flexibility index (Phi) is 8.88. The zero-order chi connectivity index (χ0) is 27.9. The van der Waals surface area contributed by atoms with Crippen LogP contribution in [0, 0.1) is 12.8 Å². The molecule has 1 saturated heterocycles. The van der Waals surface area contributed by atoms with Gasteiger partial charge in [0.1, 0.15) is 0 Å². The Balaban J connectivity index is 1.39. The fourth-order valence-electron chi connectivity index (χ4n) is 5.29. The van der Waals surface area contributed by atoms with Gasteiger partial charge < -0.3 is 19.7 Å². The minimum Gasteiger partial charge on any atom is -0.368 e. The Morgan fingerprint density at radius 3 is 2.58 bits per heavy atom. The number of hydrogen-bond acceptors (Lipinski definition) is 7. The molecule has 4 heterocycles. The summed E-state index contributed by atoms with van der Waals surface area (Å²) in [5.74, 6) is 2.09. The first-order valence-electron chi connectivity index (χ1n) is 14.5. The van der Waals surface area contributed by atoms with E-state index < -0.39 is 0 Å². The molecule has 1 aliphatic rings. The first-order chi connectivity index (χ1) is 19.6. The zero-order valence-corrected chi connectivity index (χ0v) is 23.9. The van der Waals surface area contributed by atoms with E-state index >= 15 is 0 Å². The zero-order valence-electron chi connectivity index (χ0n) is 23.9. The van der Waals surface area contributed by atoms with E-state index in [0.717, 1.165) is 29.9 Å². The summed E-state index contributed by atoms with van der Waals surface area (Å²) in [7, 11) is 0. The van der Waals surface area contributed by atoms with Crippen molar-refractivity contribution in [2.45, 2.75) is 53.0 Å². The molecule has 1 atom stereocenters. The molecule has 0 bridgehead atoms. The molecule has 1 amide bonds. The van der Waals surface area contributed by atoms with Gasteiger partial charge in [-0.05, 0) is 37.0 Å². The van der Waals surface area contributed by atoms with Gasteiger partial charge in [0.05, 0.1) is 12.9 Å². The quantitative estimate of drug-likeness (QED) is 0.281. The first kappa shape index (κ1) is 27.6. The summed E-state index contributed by atoms with van der Waals surface area (Å²) >= 11 is 0. The van der Waals surface area contributed by atoms with Crippen molar-refractivity contribution < 1.29 is 4.79 Å². The van der Waals surface area contributed by atoms with Gasteiger partial charge in [-0.3, -0.25) is 9.78 Å². The molecular weight excluding hydrogens is 500 g/mol. The molecule has 1 aromatic carbocycles. The Labute approximate surface area is 236 Å². The normalized spacial score (nSPS) is 14.5. The highest BCUT2D eigenvalue weighted by molar-refractivity contribution is 5.94. The number of aryl methyl sites for hydroxylation is 1. The predicted octanol–water partition coefficient (Wildman–Crippen LogP) is 5.17. The highest BCUT2D eigenvalue weighted by Gasteiger charge is 2.25. The number of carbonyl (C=O) groups is 1. The van der Waals surface area contributed by atoms with E-state index in [9.17, 15) is 4.79 Å². The molecule has 0 saturated carbocycles. The van der Waals surface area contributed by atoms with E-state index in [-0.39, 0.29) is 5.91 Å². The SMILES string of the molecule is CCCCC(CC)CNc1nc(N2CCN(C(=O)c3ccncc3)CC2)nc2c1ncn2Cc1cccc(C)c1. The van der Waals surface area contributed by atoms with Crippen LogP contribution in [-0.4, -0.2) is 68.0 Å². The van der Waals surface area contributed by atoms with E-state index in [2.05, 4.69) is 64.8 Å². The topological polar surface area (TPSA) is 92.1 Å². The fourth-order valence-corrected chi connectivity index (χ4v) is 5.29. The lowest BCUT2D eigenvalue weighted by Crippen LogP contribution is -2.49. The fraction of sp³-hybridized carbons (Fsp3) is 0.452. The van der Waals surface area contributed by atoms with Crippen LogP contribution in [0.1, 0.15) is 61.0 Å². The Bertz CT molecular complexity index is 1410. The maximum atomic E-state index is 13.0. The average Bonchev–Trinajstić information content (AvgIpc) is 3.40. The smallest absolute Gasteiger partial charge is 0.254 e. The predicted molar refractivity (Wildman–Crippen MR) is 160 cm³/mol. The number of amides is 1. The minimum absolute atomic E-state index is 0.0368. The lowest BCUT2D eigenvalue weighted by Gasteiger charge is -2.35. The second-order valence-corrected chi connectivity index (χ2v) is 10.7. The minimum atomic E-state index is 0.0368. The Hall–Kier alpha value is -4.01. The second-order valence-electron chi connectivity index (χ2n) is 10.7. The number of aromatic nitrogens is 5. The molecule has 1 N–H and O–H groups in total. The molecule has 0 spiro atoms. The summed E-state index contributed by atoms with van der Waals surface area (Å²) in [6.07, 6.45) is 9.96. The maximum absolute atomic E-state index is 13.0. The van der Waals surface area contributed by atoms with Crippen LogP contribution in [-0.2, 0) is 6.54 Å². The molecule has 40 heavy (non-hydrogen) atoms. The Morgan fingerprint density at radius 1 is 1.05 bits per heavy atom. The van der Waals surface area contributed by atoms with Gasteiger partial charge in [-0.1, -0.05) is 62.9 Å². The van der Waals surface area contributed by atoms with Gasteiger partial charge in [0, 0.05) is 50.7 Å². The van der Waals surface area contributed by atoms with Crippen molar-refractivity contribution in [1.82, 2.24) is 29.4 Å². The molecular formula is C31H40N8O. The number of piperazine rings is 1. The van der Waals surface area contributed by atoms with Gasteiger partial charge in [0.25, 0.3) is 5.91 Å². The van der Waals surface area contributed by atoms with Crippen molar-refractivity contribution in [3.63, 3.8) is 0 Å². The number of carbonyl (C=O) groups excluding carboxylic acids is 1. The van der Waals surface area contributed by atoms with Crippen molar-refractivity contribution >= 4 is 28.8 Å². The van der Waals surface area contributed by atoms with Crippen LogP contribution >= 0.6 is 0 Å².